The minimum absolute atomic E-state index is 0.00297. The molecule has 0 aliphatic heterocycles. The van der Waals surface area contributed by atoms with E-state index < -0.39 is 17.3 Å². The van der Waals surface area contributed by atoms with E-state index in [0.717, 1.165) is 0 Å². The number of aromatic nitrogens is 1. The van der Waals surface area contributed by atoms with Crippen LogP contribution in [0.5, 0.6) is 0 Å². The molecule has 1 aromatic rings. The number of aromatic amines is 1. The molecule has 7 heteroatoms. The highest BCUT2D eigenvalue weighted by Gasteiger charge is 2.28. The number of amides is 2. The van der Waals surface area contributed by atoms with Crippen LogP contribution in [0.1, 0.15) is 46.0 Å². The van der Waals surface area contributed by atoms with E-state index in [1.807, 2.05) is 0 Å². The van der Waals surface area contributed by atoms with Gasteiger partial charge in [-0.05, 0) is 33.3 Å². The Hall–Kier alpha value is -2.31. The van der Waals surface area contributed by atoms with Crippen molar-refractivity contribution in [3.63, 3.8) is 0 Å². The molecule has 0 spiro atoms. The molecule has 1 heterocycles. The Kier molecular flexibility index (Phi) is 4.77. The number of aromatic carboxylic acids is 1. The number of hydrogen-bond donors (Lipinski definition) is 4. The van der Waals surface area contributed by atoms with E-state index in [9.17, 15) is 14.4 Å². The molecule has 0 aromatic carbocycles. The molecule has 2 amide bonds. The first kappa shape index (κ1) is 16.7. The molecule has 7 nitrogen and oxygen atoms in total. The van der Waals surface area contributed by atoms with E-state index in [4.69, 9.17) is 5.11 Å². The van der Waals surface area contributed by atoms with Crippen molar-refractivity contribution in [1.29, 1.82) is 0 Å². The first-order valence-corrected chi connectivity index (χ1v) is 6.54. The second-order valence-electron chi connectivity index (χ2n) is 5.58. The van der Waals surface area contributed by atoms with Crippen molar-refractivity contribution in [2.24, 2.45) is 5.41 Å². The lowest BCUT2D eigenvalue weighted by Crippen LogP contribution is -2.43. The van der Waals surface area contributed by atoms with Crippen molar-refractivity contribution >= 4 is 17.8 Å². The zero-order valence-electron chi connectivity index (χ0n) is 12.9. The van der Waals surface area contributed by atoms with Crippen molar-refractivity contribution in [1.82, 2.24) is 15.6 Å². The predicted octanol–water partition coefficient (Wildman–Crippen LogP) is 0.832. The highest BCUT2D eigenvalue weighted by atomic mass is 16.4. The van der Waals surface area contributed by atoms with Crippen molar-refractivity contribution in [2.75, 3.05) is 13.6 Å². The molecule has 0 atom stereocenters. The molecule has 0 fully saturated rings. The SMILES string of the molecule is CNC(=O)C(C)(C)CNC(=O)c1c(C)[nH]c(C(=O)O)c1C. The van der Waals surface area contributed by atoms with Crippen LogP contribution in [-0.2, 0) is 4.79 Å². The van der Waals surface area contributed by atoms with Crippen LogP contribution < -0.4 is 10.6 Å². The molecule has 0 radical (unpaired) electrons. The summed E-state index contributed by atoms with van der Waals surface area (Å²) < 4.78 is 0. The number of hydrogen-bond acceptors (Lipinski definition) is 3. The number of aryl methyl sites for hydroxylation is 1. The topological polar surface area (TPSA) is 111 Å². The molecular weight excluding hydrogens is 274 g/mol. The third-order valence-corrected chi connectivity index (χ3v) is 3.41. The molecule has 4 N–H and O–H groups in total. The Bertz CT molecular complexity index is 587. The van der Waals surface area contributed by atoms with Crippen LogP contribution in [-0.4, -0.2) is 41.5 Å². The zero-order valence-corrected chi connectivity index (χ0v) is 12.9. The monoisotopic (exact) mass is 295 g/mol. The lowest BCUT2D eigenvalue weighted by Gasteiger charge is -2.22. The van der Waals surface area contributed by atoms with Gasteiger partial charge in [-0.1, -0.05) is 0 Å². The largest absolute Gasteiger partial charge is 0.477 e. The van der Waals surface area contributed by atoms with E-state index >= 15 is 0 Å². The number of H-pyrrole nitrogens is 1. The molecule has 0 saturated carbocycles. The van der Waals surface area contributed by atoms with Gasteiger partial charge in [-0.15, -0.1) is 0 Å². The van der Waals surface area contributed by atoms with Gasteiger partial charge in [0.15, 0.2) is 0 Å². The highest BCUT2D eigenvalue weighted by Crippen LogP contribution is 2.19. The van der Waals surface area contributed by atoms with E-state index in [0.29, 0.717) is 16.8 Å². The fourth-order valence-corrected chi connectivity index (χ4v) is 2.11. The third kappa shape index (κ3) is 3.42. The number of carboxylic acids is 1. The lowest BCUT2D eigenvalue weighted by atomic mass is 9.92. The van der Waals surface area contributed by atoms with E-state index in [2.05, 4.69) is 15.6 Å². The van der Waals surface area contributed by atoms with Crippen LogP contribution in [0.25, 0.3) is 0 Å². The molecule has 0 unspecified atom stereocenters. The fraction of sp³-hybridized carbons (Fsp3) is 0.500. The second kappa shape index (κ2) is 5.99. The lowest BCUT2D eigenvalue weighted by molar-refractivity contribution is -0.128. The Morgan fingerprint density at radius 1 is 1.24 bits per heavy atom. The highest BCUT2D eigenvalue weighted by molar-refractivity contribution is 6.01. The fourth-order valence-electron chi connectivity index (χ4n) is 2.11. The second-order valence-corrected chi connectivity index (χ2v) is 5.58. The summed E-state index contributed by atoms with van der Waals surface area (Å²) in [5.74, 6) is -1.69. The maximum absolute atomic E-state index is 12.2. The van der Waals surface area contributed by atoms with Gasteiger partial charge >= 0.3 is 5.97 Å². The van der Waals surface area contributed by atoms with Gasteiger partial charge in [0.05, 0.1) is 11.0 Å². The van der Waals surface area contributed by atoms with Gasteiger partial charge in [0.1, 0.15) is 5.69 Å². The molecule has 0 aliphatic rings. The summed E-state index contributed by atoms with van der Waals surface area (Å²) in [5, 5.41) is 14.2. The minimum Gasteiger partial charge on any atom is -0.477 e. The minimum atomic E-state index is -1.11. The van der Waals surface area contributed by atoms with Gasteiger partial charge in [0.2, 0.25) is 5.91 Å². The van der Waals surface area contributed by atoms with Crippen LogP contribution in [0.4, 0.5) is 0 Å². The summed E-state index contributed by atoms with van der Waals surface area (Å²) in [6.07, 6.45) is 0. The summed E-state index contributed by atoms with van der Waals surface area (Å²) in [4.78, 5) is 37.6. The predicted molar refractivity (Wildman–Crippen MR) is 77.4 cm³/mol. The summed E-state index contributed by atoms with van der Waals surface area (Å²) in [5.41, 5.74) is 0.428. The third-order valence-electron chi connectivity index (χ3n) is 3.41. The van der Waals surface area contributed by atoms with Gasteiger partial charge < -0.3 is 20.7 Å². The maximum Gasteiger partial charge on any atom is 0.352 e. The summed E-state index contributed by atoms with van der Waals surface area (Å²) in [7, 11) is 1.53. The molecule has 0 aliphatic carbocycles. The average Bonchev–Trinajstić information content (AvgIpc) is 2.70. The van der Waals surface area contributed by atoms with Gasteiger partial charge in [0.25, 0.3) is 5.91 Å². The normalized spacial score (nSPS) is 11.1. The van der Waals surface area contributed by atoms with Crippen molar-refractivity contribution in [3.8, 4) is 0 Å². The van der Waals surface area contributed by atoms with Crippen LogP contribution in [0.15, 0.2) is 0 Å². The number of rotatable bonds is 5. The smallest absolute Gasteiger partial charge is 0.352 e. The number of nitrogens with one attached hydrogen (secondary N) is 3. The van der Waals surface area contributed by atoms with Crippen molar-refractivity contribution in [3.05, 3.63) is 22.5 Å². The number of carbonyl (C=O) groups is 3. The van der Waals surface area contributed by atoms with Gasteiger partial charge in [-0.25, -0.2) is 4.79 Å². The Labute approximate surface area is 123 Å². The number of carbonyl (C=O) groups excluding carboxylic acids is 2. The molecule has 116 valence electrons. The summed E-state index contributed by atoms with van der Waals surface area (Å²) in [6.45, 7) is 6.79. The van der Waals surface area contributed by atoms with Crippen LogP contribution in [0, 0.1) is 19.3 Å². The van der Waals surface area contributed by atoms with Gasteiger partial charge in [-0.2, -0.15) is 0 Å². The van der Waals surface area contributed by atoms with Crippen LogP contribution >= 0.6 is 0 Å². The van der Waals surface area contributed by atoms with E-state index in [-0.39, 0.29) is 18.1 Å². The number of carboxylic acid groups (broad SMARTS) is 1. The van der Waals surface area contributed by atoms with Gasteiger partial charge in [0, 0.05) is 19.3 Å². The first-order valence-electron chi connectivity index (χ1n) is 6.54. The standard InChI is InChI=1S/C14H21N3O4/c1-7-9(8(2)17-10(7)12(19)20)11(18)16-6-14(3,4)13(21)15-5/h17H,6H2,1-5H3,(H,15,21)(H,16,18)(H,19,20). The zero-order chi connectivity index (χ0) is 16.4. The average molecular weight is 295 g/mol. The first-order chi connectivity index (χ1) is 9.61. The van der Waals surface area contributed by atoms with E-state index in [1.165, 1.54) is 7.05 Å². The molecule has 21 heavy (non-hydrogen) atoms. The Morgan fingerprint density at radius 2 is 1.81 bits per heavy atom. The molecule has 1 aromatic heterocycles. The Balaban J connectivity index is 2.92. The Morgan fingerprint density at radius 3 is 2.24 bits per heavy atom. The van der Waals surface area contributed by atoms with E-state index in [1.54, 1.807) is 27.7 Å². The maximum atomic E-state index is 12.2. The van der Waals surface area contributed by atoms with Gasteiger partial charge in [-0.3, -0.25) is 9.59 Å². The summed E-state index contributed by atoms with van der Waals surface area (Å²) >= 11 is 0. The molecule has 0 saturated heterocycles. The molecule has 1 rings (SSSR count). The quantitative estimate of drug-likeness (QED) is 0.644. The molecular formula is C14H21N3O4. The molecule has 0 bridgehead atoms. The van der Waals surface area contributed by atoms with Crippen molar-refractivity contribution in [2.45, 2.75) is 27.7 Å². The van der Waals surface area contributed by atoms with Crippen molar-refractivity contribution < 1.29 is 19.5 Å². The van der Waals surface area contributed by atoms with Crippen LogP contribution in [0.3, 0.4) is 0 Å². The summed E-state index contributed by atoms with van der Waals surface area (Å²) in [6, 6.07) is 0. The van der Waals surface area contributed by atoms with Crippen LogP contribution in [0.2, 0.25) is 0 Å².